The molecule has 0 bridgehead atoms. The van der Waals surface area contributed by atoms with Crippen molar-refractivity contribution in [2.75, 3.05) is 11.4 Å². The van der Waals surface area contributed by atoms with Gasteiger partial charge in [0.05, 0.1) is 10.0 Å². The topological polar surface area (TPSA) is 43.8 Å². The molecule has 2 amide bonds. The van der Waals surface area contributed by atoms with Gasteiger partial charge in [-0.3, -0.25) is 4.90 Å². The molecule has 0 radical (unpaired) electrons. The van der Waals surface area contributed by atoms with Gasteiger partial charge in [-0.25, -0.2) is 4.79 Å². The number of urea groups is 1. The Morgan fingerprint density at radius 1 is 1.22 bits per heavy atom. The Hall–Kier alpha value is -0.970. The van der Waals surface area contributed by atoms with Gasteiger partial charge in [0.25, 0.3) is 0 Å². The lowest BCUT2D eigenvalue weighted by Gasteiger charge is -2.53. The summed E-state index contributed by atoms with van der Waals surface area (Å²) in [6, 6.07) is 4.75. The Balaban J connectivity index is 2.43. The van der Waals surface area contributed by atoms with E-state index in [4.69, 9.17) is 23.2 Å². The number of nitrogens with zero attached hydrogens (tertiary/aromatic N) is 2. The number of benzene rings is 1. The molecule has 0 spiro atoms. The molecule has 0 aliphatic carbocycles. The molecule has 1 aromatic rings. The van der Waals surface area contributed by atoms with Gasteiger partial charge in [0.15, 0.2) is 0 Å². The minimum absolute atomic E-state index is 0.210. The van der Waals surface area contributed by atoms with E-state index in [1.807, 2.05) is 18.7 Å². The first-order valence-electron chi connectivity index (χ1n) is 7.89. The van der Waals surface area contributed by atoms with Crippen LogP contribution in [0.5, 0.6) is 0 Å². The number of carbonyl (C=O) groups is 1. The molecule has 1 heterocycles. The van der Waals surface area contributed by atoms with Crippen LogP contribution in [0.3, 0.4) is 0 Å². The van der Waals surface area contributed by atoms with Gasteiger partial charge in [0.2, 0.25) is 0 Å². The Kier molecular flexibility index (Phi) is 5.19. The van der Waals surface area contributed by atoms with Crippen LogP contribution < -0.4 is 4.90 Å². The maximum Gasteiger partial charge on any atom is 0.327 e. The molecule has 0 aromatic heterocycles. The van der Waals surface area contributed by atoms with Crippen LogP contribution in [0.2, 0.25) is 10.0 Å². The fourth-order valence-corrected chi connectivity index (χ4v) is 3.60. The fourth-order valence-electron chi connectivity index (χ4n) is 3.31. The standard InChI is InChI=1S/C17H24Cl2N2O2/c1-5-6-9-20-15(22)21(17(4,23)11-16(20,2)3)12-7-8-13(18)14(19)10-12/h7-8,10,23H,5-6,9,11H2,1-4H3/t17-/m0/s1. The highest BCUT2D eigenvalue weighted by molar-refractivity contribution is 6.42. The Bertz CT molecular complexity index is 602. The molecule has 1 aromatic carbocycles. The molecule has 0 unspecified atom stereocenters. The van der Waals surface area contributed by atoms with Crippen LogP contribution in [0.15, 0.2) is 18.2 Å². The second-order valence-electron chi connectivity index (χ2n) is 6.93. The minimum atomic E-state index is -1.29. The van der Waals surface area contributed by atoms with E-state index in [0.29, 0.717) is 28.7 Å². The second-order valence-corrected chi connectivity index (χ2v) is 7.74. The van der Waals surface area contributed by atoms with Crippen LogP contribution in [0.4, 0.5) is 10.5 Å². The summed E-state index contributed by atoms with van der Waals surface area (Å²) in [4.78, 5) is 16.3. The molecule has 1 saturated heterocycles. The molecule has 1 N–H and O–H groups in total. The number of halogens is 2. The maximum absolute atomic E-state index is 13.1. The highest BCUT2D eigenvalue weighted by Gasteiger charge is 2.50. The normalized spacial score (nSPS) is 24.2. The third kappa shape index (κ3) is 3.59. The van der Waals surface area contributed by atoms with Crippen LogP contribution in [-0.2, 0) is 0 Å². The van der Waals surface area contributed by atoms with Crippen molar-refractivity contribution in [1.29, 1.82) is 0 Å². The molecule has 128 valence electrons. The van der Waals surface area contributed by atoms with E-state index in [2.05, 4.69) is 6.92 Å². The molecule has 2 rings (SSSR count). The molecule has 1 fully saturated rings. The van der Waals surface area contributed by atoms with E-state index >= 15 is 0 Å². The lowest BCUT2D eigenvalue weighted by Crippen LogP contribution is -2.68. The summed E-state index contributed by atoms with van der Waals surface area (Å²) in [5, 5.41) is 11.7. The number of amides is 2. The Labute approximate surface area is 148 Å². The Morgan fingerprint density at radius 2 is 1.87 bits per heavy atom. The van der Waals surface area contributed by atoms with Crippen LogP contribution in [0.25, 0.3) is 0 Å². The van der Waals surface area contributed by atoms with Crippen molar-refractivity contribution in [3.63, 3.8) is 0 Å². The van der Waals surface area contributed by atoms with Crippen molar-refractivity contribution in [1.82, 2.24) is 4.90 Å². The molecule has 1 aliphatic heterocycles. The summed E-state index contributed by atoms with van der Waals surface area (Å²) in [7, 11) is 0. The molecule has 23 heavy (non-hydrogen) atoms. The lowest BCUT2D eigenvalue weighted by molar-refractivity contribution is -0.0255. The number of carbonyl (C=O) groups excluding carboxylic acids is 1. The highest BCUT2D eigenvalue weighted by Crippen LogP contribution is 2.40. The summed E-state index contributed by atoms with van der Waals surface area (Å²) in [6.45, 7) is 8.39. The van der Waals surface area contributed by atoms with Crippen LogP contribution in [0.1, 0.15) is 47.0 Å². The van der Waals surface area contributed by atoms with Gasteiger partial charge in [-0.2, -0.15) is 0 Å². The van der Waals surface area contributed by atoms with Gasteiger partial charge in [-0.15, -0.1) is 0 Å². The molecule has 6 heteroatoms. The number of unbranched alkanes of at least 4 members (excludes halogenated alkanes) is 1. The first-order chi connectivity index (χ1) is 10.6. The number of hydrogen-bond donors (Lipinski definition) is 1. The zero-order valence-electron chi connectivity index (χ0n) is 14.1. The SMILES string of the molecule is CCCCN1C(=O)N(c2ccc(Cl)c(Cl)c2)[C@@](C)(O)CC1(C)C. The lowest BCUT2D eigenvalue weighted by atomic mass is 9.87. The first-order valence-corrected chi connectivity index (χ1v) is 8.65. The van der Waals surface area contributed by atoms with Crippen molar-refractivity contribution in [2.45, 2.75) is 58.2 Å². The van der Waals surface area contributed by atoms with Gasteiger partial charge in [-0.05, 0) is 45.4 Å². The average molecular weight is 359 g/mol. The summed E-state index contributed by atoms with van der Waals surface area (Å²) >= 11 is 12.0. The third-order valence-corrected chi connectivity index (χ3v) is 5.04. The highest BCUT2D eigenvalue weighted by atomic mass is 35.5. The van der Waals surface area contributed by atoms with Gasteiger partial charge < -0.3 is 10.0 Å². The van der Waals surface area contributed by atoms with E-state index in [1.54, 1.807) is 25.1 Å². The van der Waals surface area contributed by atoms with Gasteiger partial charge >= 0.3 is 6.03 Å². The predicted octanol–water partition coefficient (Wildman–Crippen LogP) is 4.91. The van der Waals surface area contributed by atoms with E-state index < -0.39 is 11.3 Å². The summed E-state index contributed by atoms with van der Waals surface area (Å²) in [5.74, 6) is 0. The largest absolute Gasteiger partial charge is 0.371 e. The van der Waals surface area contributed by atoms with Crippen molar-refractivity contribution in [3.8, 4) is 0 Å². The van der Waals surface area contributed by atoms with Crippen LogP contribution >= 0.6 is 23.2 Å². The molecule has 0 saturated carbocycles. The van der Waals surface area contributed by atoms with Gasteiger partial charge in [0, 0.05) is 24.2 Å². The van der Waals surface area contributed by atoms with E-state index in [0.717, 1.165) is 12.8 Å². The van der Waals surface area contributed by atoms with Crippen LogP contribution in [0, 0.1) is 0 Å². The second kappa shape index (κ2) is 6.50. The van der Waals surface area contributed by atoms with Gasteiger partial charge in [0.1, 0.15) is 5.72 Å². The monoisotopic (exact) mass is 358 g/mol. The molecular weight excluding hydrogens is 335 g/mol. The average Bonchev–Trinajstić information content (AvgIpc) is 2.40. The zero-order chi connectivity index (χ0) is 17.4. The molecule has 4 nitrogen and oxygen atoms in total. The van der Waals surface area contributed by atoms with Crippen molar-refractivity contribution in [3.05, 3.63) is 28.2 Å². The van der Waals surface area contributed by atoms with Crippen molar-refractivity contribution < 1.29 is 9.90 Å². The number of rotatable bonds is 4. The number of hydrogen-bond acceptors (Lipinski definition) is 2. The van der Waals surface area contributed by atoms with Crippen molar-refractivity contribution >= 4 is 34.9 Å². The van der Waals surface area contributed by atoms with E-state index in [9.17, 15) is 9.90 Å². The van der Waals surface area contributed by atoms with Gasteiger partial charge in [-0.1, -0.05) is 36.5 Å². The van der Waals surface area contributed by atoms with E-state index in [-0.39, 0.29) is 6.03 Å². The Morgan fingerprint density at radius 3 is 2.43 bits per heavy atom. The number of anilines is 1. The van der Waals surface area contributed by atoms with E-state index in [1.165, 1.54) is 4.90 Å². The zero-order valence-corrected chi connectivity index (χ0v) is 15.6. The summed E-state index contributed by atoms with van der Waals surface area (Å²) in [5.41, 5.74) is -1.16. The summed E-state index contributed by atoms with van der Waals surface area (Å²) < 4.78 is 0. The fraction of sp³-hybridized carbons (Fsp3) is 0.588. The molecule has 1 atom stereocenters. The molecular formula is C17H24Cl2N2O2. The maximum atomic E-state index is 13.1. The number of aliphatic hydroxyl groups is 1. The molecule has 1 aliphatic rings. The minimum Gasteiger partial charge on any atom is -0.371 e. The smallest absolute Gasteiger partial charge is 0.327 e. The first kappa shape index (κ1) is 18.4. The van der Waals surface area contributed by atoms with Crippen LogP contribution in [-0.4, -0.2) is 33.8 Å². The van der Waals surface area contributed by atoms with Crippen molar-refractivity contribution in [2.24, 2.45) is 0 Å². The quantitative estimate of drug-likeness (QED) is 0.830. The predicted molar refractivity (Wildman–Crippen MR) is 95.3 cm³/mol. The third-order valence-electron chi connectivity index (χ3n) is 4.30. The summed E-state index contributed by atoms with van der Waals surface area (Å²) in [6.07, 6.45) is 2.37.